The molecular formula is C22H37N5O3. The van der Waals surface area contributed by atoms with Gasteiger partial charge in [-0.3, -0.25) is 0 Å². The molecule has 8 heteroatoms. The van der Waals surface area contributed by atoms with E-state index in [1.54, 1.807) is 0 Å². The summed E-state index contributed by atoms with van der Waals surface area (Å²) in [7, 11) is 0. The van der Waals surface area contributed by atoms with Gasteiger partial charge in [0.2, 0.25) is 0 Å². The Hall–Kier alpha value is -2.32. The van der Waals surface area contributed by atoms with Crippen LogP contribution >= 0.6 is 0 Å². The molecule has 1 atom stereocenters. The summed E-state index contributed by atoms with van der Waals surface area (Å²) in [4.78, 5) is 16.4. The molecule has 0 saturated carbocycles. The summed E-state index contributed by atoms with van der Waals surface area (Å²) in [5, 5.41) is 12.2. The van der Waals surface area contributed by atoms with Crippen molar-refractivity contribution in [3.63, 3.8) is 0 Å². The zero-order chi connectivity index (χ0) is 21.6. The minimum atomic E-state index is -0.199. The third kappa shape index (κ3) is 9.93. The first-order valence-electron chi connectivity index (χ1n) is 10.9. The fourth-order valence-corrected chi connectivity index (χ4v) is 2.98. The third-order valence-corrected chi connectivity index (χ3v) is 4.53. The minimum Gasteiger partial charge on any atom is -0.381 e. The number of ether oxygens (including phenoxy) is 2. The van der Waals surface area contributed by atoms with Gasteiger partial charge in [0, 0.05) is 44.0 Å². The molecule has 1 aliphatic heterocycles. The number of anilines is 1. The van der Waals surface area contributed by atoms with Crippen molar-refractivity contribution in [2.75, 3.05) is 44.8 Å². The Morgan fingerprint density at radius 3 is 2.73 bits per heavy atom. The lowest BCUT2D eigenvalue weighted by atomic mass is 10.1. The number of benzene rings is 1. The van der Waals surface area contributed by atoms with Crippen molar-refractivity contribution in [3.8, 4) is 0 Å². The Kier molecular flexibility index (Phi) is 11.0. The van der Waals surface area contributed by atoms with Crippen LogP contribution in [-0.4, -0.2) is 57.5 Å². The minimum absolute atomic E-state index is 0.101. The average Bonchev–Trinajstić information content (AvgIpc) is 3.22. The van der Waals surface area contributed by atoms with Crippen molar-refractivity contribution >= 4 is 17.7 Å². The van der Waals surface area contributed by atoms with Crippen LogP contribution in [0.5, 0.6) is 0 Å². The van der Waals surface area contributed by atoms with Crippen molar-refractivity contribution in [2.45, 2.75) is 46.2 Å². The topological polar surface area (TPSA) is 96.0 Å². The first-order chi connectivity index (χ1) is 14.6. The molecule has 1 aliphatic rings. The van der Waals surface area contributed by atoms with Gasteiger partial charge in [-0.1, -0.05) is 12.1 Å². The highest BCUT2D eigenvalue weighted by Crippen LogP contribution is 2.12. The van der Waals surface area contributed by atoms with Crippen molar-refractivity contribution in [2.24, 2.45) is 10.9 Å². The van der Waals surface area contributed by atoms with Gasteiger partial charge in [0.05, 0.1) is 19.8 Å². The van der Waals surface area contributed by atoms with Gasteiger partial charge in [0.25, 0.3) is 0 Å². The summed E-state index contributed by atoms with van der Waals surface area (Å²) in [6.07, 6.45) is 2.04. The number of aliphatic imine (C=N–C) groups is 1. The number of carbonyl (C=O) groups excluding carboxylic acids is 1. The van der Waals surface area contributed by atoms with E-state index in [2.05, 4.69) is 26.3 Å². The molecule has 1 aromatic rings. The predicted octanol–water partition coefficient (Wildman–Crippen LogP) is 2.71. The Balaban J connectivity index is 1.69. The van der Waals surface area contributed by atoms with Gasteiger partial charge in [-0.2, -0.15) is 0 Å². The first-order valence-corrected chi connectivity index (χ1v) is 10.9. The van der Waals surface area contributed by atoms with Crippen LogP contribution in [0.3, 0.4) is 0 Å². The maximum absolute atomic E-state index is 11.8. The lowest BCUT2D eigenvalue weighted by molar-refractivity contribution is 0.0888. The second kappa shape index (κ2) is 13.8. The highest BCUT2D eigenvalue weighted by Gasteiger charge is 2.15. The lowest BCUT2D eigenvalue weighted by Gasteiger charge is -2.12. The summed E-state index contributed by atoms with van der Waals surface area (Å²) in [6, 6.07) is 7.62. The molecule has 4 N–H and O–H groups in total. The van der Waals surface area contributed by atoms with E-state index in [0.717, 1.165) is 69.6 Å². The SMILES string of the molecule is CCNC(=NCc1ccc(NC(=O)NC(C)C)cc1)NCCCOCC1CCOC1. The molecule has 8 nitrogen and oxygen atoms in total. The molecule has 1 fully saturated rings. The van der Waals surface area contributed by atoms with E-state index < -0.39 is 0 Å². The van der Waals surface area contributed by atoms with E-state index in [0.29, 0.717) is 12.5 Å². The fourth-order valence-electron chi connectivity index (χ4n) is 2.98. The molecule has 1 saturated heterocycles. The first kappa shape index (κ1) is 24.0. The second-order valence-electron chi connectivity index (χ2n) is 7.73. The highest BCUT2D eigenvalue weighted by molar-refractivity contribution is 5.89. The molecule has 0 radical (unpaired) electrons. The predicted molar refractivity (Wildman–Crippen MR) is 121 cm³/mol. The molecule has 2 amide bonds. The molecule has 1 unspecified atom stereocenters. The van der Waals surface area contributed by atoms with Gasteiger partial charge < -0.3 is 30.7 Å². The Morgan fingerprint density at radius 2 is 2.07 bits per heavy atom. The largest absolute Gasteiger partial charge is 0.381 e. The zero-order valence-corrected chi connectivity index (χ0v) is 18.5. The van der Waals surface area contributed by atoms with Crippen molar-refractivity contribution in [1.82, 2.24) is 16.0 Å². The Labute approximate surface area is 180 Å². The molecule has 0 aliphatic carbocycles. The summed E-state index contributed by atoms with van der Waals surface area (Å²) >= 11 is 0. The molecule has 168 valence electrons. The highest BCUT2D eigenvalue weighted by atomic mass is 16.5. The van der Waals surface area contributed by atoms with Crippen molar-refractivity contribution < 1.29 is 14.3 Å². The molecule has 0 aromatic heterocycles. The molecule has 1 aromatic carbocycles. The maximum atomic E-state index is 11.8. The van der Waals surface area contributed by atoms with Gasteiger partial charge in [-0.15, -0.1) is 0 Å². The van der Waals surface area contributed by atoms with E-state index in [9.17, 15) is 4.79 Å². The van der Waals surface area contributed by atoms with E-state index >= 15 is 0 Å². The van der Waals surface area contributed by atoms with Gasteiger partial charge in [0.15, 0.2) is 5.96 Å². The van der Waals surface area contributed by atoms with Crippen molar-refractivity contribution in [1.29, 1.82) is 0 Å². The number of nitrogens with one attached hydrogen (secondary N) is 4. The normalized spacial score (nSPS) is 16.5. The summed E-state index contributed by atoms with van der Waals surface area (Å²) in [5.74, 6) is 1.35. The number of nitrogens with zero attached hydrogens (tertiary/aromatic N) is 1. The summed E-state index contributed by atoms with van der Waals surface area (Å²) in [5.41, 5.74) is 1.83. The van der Waals surface area contributed by atoms with Crippen LogP contribution in [0.2, 0.25) is 0 Å². The molecule has 2 rings (SSSR count). The monoisotopic (exact) mass is 419 g/mol. The molecule has 0 spiro atoms. The van der Waals surface area contributed by atoms with Crippen molar-refractivity contribution in [3.05, 3.63) is 29.8 Å². The fraction of sp³-hybridized carbons (Fsp3) is 0.636. The van der Waals surface area contributed by atoms with Crippen LogP contribution < -0.4 is 21.3 Å². The summed E-state index contributed by atoms with van der Waals surface area (Å²) in [6.45, 7) is 11.3. The number of carbonyl (C=O) groups is 1. The number of amides is 2. The van der Waals surface area contributed by atoms with E-state index in [4.69, 9.17) is 9.47 Å². The van der Waals surface area contributed by atoms with Crippen LogP contribution in [-0.2, 0) is 16.0 Å². The molecular weight excluding hydrogens is 382 g/mol. The van der Waals surface area contributed by atoms with Crippen LogP contribution in [0, 0.1) is 5.92 Å². The van der Waals surface area contributed by atoms with Gasteiger partial charge >= 0.3 is 6.03 Å². The van der Waals surface area contributed by atoms with Crippen LogP contribution in [0.25, 0.3) is 0 Å². The number of urea groups is 1. The lowest BCUT2D eigenvalue weighted by Crippen LogP contribution is -2.38. The Morgan fingerprint density at radius 1 is 1.27 bits per heavy atom. The van der Waals surface area contributed by atoms with Gasteiger partial charge in [0.1, 0.15) is 0 Å². The smallest absolute Gasteiger partial charge is 0.319 e. The van der Waals surface area contributed by atoms with Crippen LogP contribution in [0.4, 0.5) is 10.5 Å². The quantitative estimate of drug-likeness (QED) is 0.251. The van der Waals surface area contributed by atoms with E-state index in [-0.39, 0.29) is 12.1 Å². The van der Waals surface area contributed by atoms with Crippen LogP contribution in [0.1, 0.15) is 39.2 Å². The zero-order valence-electron chi connectivity index (χ0n) is 18.5. The molecule has 30 heavy (non-hydrogen) atoms. The van der Waals surface area contributed by atoms with E-state index in [1.165, 1.54) is 0 Å². The average molecular weight is 420 g/mol. The summed E-state index contributed by atoms with van der Waals surface area (Å²) < 4.78 is 11.1. The van der Waals surface area contributed by atoms with Crippen LogP contribution in [0.15, 0.2) is 29.3 Å². The van der Waals surface area contributed by atoms with E-state index in [1.807, 2.05) is 45.0 Å². The molecule has 1 heterocycles. The Bertz CT molecular complexity index is 643. The standard InChI is InChI=1S/C22H37N5O3/c1-4-23-21(24-11-5-12-29-15-19-10-13-30-16-19)25-14-18-6-8-20(9-7-18)27-22(28)26-17(2)3/h6-9,17,19H,4-5,10-16H2,1-3H3,(H2,23,24,25)(H2,26,27,28). The second-order valence-corrected chi connectivity index (χ2v) is 7.73. The van der Waals surface area contributed by atoms with Gasteiger partial charge in [-0.25, -0.2) is 9.79 Å². The maximum Gasteiger partial charge on any atom is 0.319 e. The number of hydrogen-bond donors (Lipinski definition) is 4. The number of rotatable bonds is 11. The van der Waals surface area contributed by atoms with Gasteiger partial charge in [-0.05, 0) is 51.3 Å². The third-order valence-electron chi connectivity index (χ3n) is 4.53. The number of hydrogen-bond acceptors (Lipinski definition) is 4. The molecule has 0 bridgehead atoms. The number of guanidine groups is 1.